The Balaban J connectivity index is 1.88. The molecule has 1 fully saturated rings. The second-order valence-corrected chi connectivity index (χ2v) is 4.68. The fourth-order valence-electron chi connectivity index (χ4n) is 2.17. The number of carbonyl (C=O) groups excluding carboxylic acids is 1. The molecule has 0 radical (unpaired) electrons. The van der Waals surface area contributed by atoms with Gasteiger partial charge in [-0.05, 0) is 24.8 Å². The lowest BCUT2D eigenvalue weighted by Gasteiger charge is -2.31. The Hall–Kier alpha value is -1.19. The van der Waals surface area contributed by atoms with Crippen molar-refractivity contribution in [3.8, 4) is 0 Å². The molecule has 0 aliphatic carbocycles. The standard InChI is InChI=1S/C14H19NO2/c15-14(8-10-17-11-9-14)13(16)7-6-12-4-2-1-3-5-12/h1-5H,6-11,15H2. The van der Waals surface area contributed by atoms with Crippen molar-refractivity contribution in [3.05, 3.63) is 35.9 Å². The van der Waals surface area contributed by atoms with Crippen LogP contribution in [0.15, 0.2) is 30.3 Å². The van der Waals surface area contributed by atoms with Crippen LogP contribution in [-0.4, -0.2) is 24.5 Å². The van der Waals surface area contributed by atoms with Crippen LogP contribution in [0.4, 0.5) is 0 Å². The van der Waals surface area contributed by atoms with Crippen LogP contribution < -0.4 is 5.73 Å². The maximum Gasteiger partial charge on any atom is 0.153 e. The first kappa shape index (κ1) is 12.3. The molecule has 17 heavy (non-hydrogen) atoms. The maximum absolute atomic E-state index is 12.1. The third kappa shape index (κ3) is 3.14. The van der Waals surface area contributed by atoms with Crippen molar-refractivity contribution in [1.82, 2.24) is 0 Å². The van der Waals surface area contributed by atoms with Crippen LogP contribution in [0.25, 0.3) is 0 Å². The SMILES string of the molecule is NC1(C(=O)CCc2ccccc2)CCOCC1. The molecule has 1 aromatic carbocycles. The molecular weight excluding hydrogens is 214 g/mol. The van der Waals surface area contributed by atoms with Crippen molar-refractivity contribution in [2.45, 2.75) is 31.2 Å². The summed E-state index contributed by atoms with van der Waals surface area (Å²) in [6.07, 6.45) is 2.61. The van der Waals surface area contributed by atoms with Gasteiger partial charge < -0.3 is 10.5 Å². The van der Waals surface area contributed by atoms with Gasteiger partial charge in [0.25, 0.3) is 0 Å². The zero-order valence-corrected chi connectivity index (χ0v) is 10.0. The molecule has 2 rings (SSSR count). The van der Waals surface area contributed by atoms with Crippen LogP contribution in [-0.2, 0) is 16.0 Å². The van der Waals surface area contributed by atoms with E-state index in [4.69, 9.17) is 10.5 Å². The number of ether oxygens (including phenoxy) is 1. The second kappa shape index (κ2) is 5.43. The van der Waals surface area contributed by atoms with Crippen LogP contribution >= 0.6 is 0 Å². The summed E-state index contributed by atoms with van der Waals surface area (Å²) < 4.78 is 5.25. The quantitative estimate of drug-likeness (QED) is 0.861. The Bertz CT molecular complexity index is 369. The number of benzene rings is 1. The van der Waals surface area contributed by atoms with E-state index in [2.05, 4.69) is 0 Å². The molecule has 0 spiro atoms. The van der Waals surface area contributed by atoms with Crippen molar-refractivity contribution >= 4 is 5.78 Å². The topological polar surface area (TPSA) is 52.3 Å². The number of hydrogen-bond donors (Lipinski definition) is 1. The smallest absolute Gasteiger partial charge is 0.153 e. The number of Topliss-reactive ketones (excluding diaryl/α,β-unsaturated/α-hetero) is 1. The van der Waals surface area contributed by atoms with Crippen LogP contribution in [0.1, 0.15) is 24.8 Å². The first-order chi connectivity index (χ1) is 8.21. The lowest BCUT2D eigenvalue weighted by Crippen LogP contribution is -2.52. The van der Waals surface area contributed by atoms with E-state index in [1.165, 1.54) is 5.56 Å². The number of ketones is 1. The van der Waals surface area contributed by atoms with E-state index >= 15 is 0 Å². The minimum atomic E-state index is -0.646. The molecule has 0 unspecified atom stereocenters. The van der Waals surface area contributed by atoms with E-state index in [1.54, 1.807) is 0 Å². The fraction of sp³-hybridized carbons (Fsp3) is 0.500. The second-order valence-electron chi connectivity index (χ2n) is 4.68. The summed E-state index contributed by atoms with van der Waals surface area (Å²) in [6.45, 7) is 1.21. The van der Waals surface area contributed by atoms with Crippen LogP contribution in [0.5, 0.6) is 0 Å². The molecule has 0 bridgehead atoms. The van der Waals surface area contributed by atoms with Crippen molar-refractivity contribution < 1.29 is 9.53 Å². The van der Waals surface area contributed by atoms with E-state index in [9.17, 15) is 4.79 Å². The predicted molar refractivity (Wildman–Crippen MR) is 66.7 cm³/mol. The van der Waals surface area contributed by atoms with Gasteiger partial charge >= 0.3 is 0 Å². The molecule has 0 aromatic heterocycles. The van der Waals surface area contributed by atoms with Gasteiger partial charge in [0.05, 0.1) is 5.54 Å². The van der Waals surface area contributed by atoms with Gasteiger partial charge in [-0.2, -0.15) is 0 Å². The molecule has 1 aliphatic heterocycles. The average molecular weight is 233 g/mol. The van der Waals surface area contributed by atoms with Gasteiger partial charge in [-0.25, -0.2) is 0 Å². The average Bonchev–Trinajstić information content (AvgIpc) is 2.38. The van der Waals surface area contributed by atoms with Crippen molar-refractivity contribution in [1.29, 1.82) is 0 Å². The summed E-state index contributed by atoms with van der Waals surface area (Å²) in [5, 5.41) is 0. The highest BCUT2D eigenvalue weighted by molar-refractivity contribution is 5.88. The molecule has 0 saturated carbocycles. The molecule has 3 heteroatoms. The summed E-state index contributed by atoms with van der Waals surface area (Å²) in [6, 6.07) is 10.0. The maximum atomic E-state index is 12.1. The monoisotopic (exact) mass is 233 g/mol. The van der Waals surface area contributed by atoms with E-state index < -0.39 is 5.54 Å². The summed E-state index contributed by atoms with van der Waals surface area (Å²) in [5.74, 6) is 0.171. The lowest BCUT2D eigenvalue weighted by molar-refractivity contribution is -0.127. The Labute approximate surface area is 102 Å². The normalized spacial score (nSPS) is 18.9. The lowest BCUT2D eigenvalue weighted by atomic mass is 9.84. The third-order valence-corrected chi connectivity index (χ3v) is 3.42. The molecule has 3 nitrogen and oxygen atoms in total. The van der Waals surface area contributed by atoms with E-state index in [-0.39, 0.29) is 5.78 Å². The molecule has 0 amide bonds. The minimum absolute atomic E-state index is 0.171. The largest absolute Gasteiger partial charge is 0.381 e. The van der Waals surface area contributed by atoms with Gasteiger partial charge in [-0.15, -0.1) is 0 Å². The molecule has 1 heterocycles. The van der Waals surface area contributed by atoms with Gasteiger partial charge in [0.15, 0.2) is 5.78 Å². The molecular formula is C14H19NO2. The molecule has 1 saturated heterocycles. The first-order valence-electron chi connectivity index (χ1n) is 6.15. The predicted octanol–water partition coefficient (Wildman–Crippen LogP) is 1.70. The highest BCUT2D eigenvalue weighted by atomic mass is 16.5. The van der Waals surface area contributed by atoms with Gasteiger partial charge in [-0.1, -0.05) is 30.3 Å². The van der Waals surface area contributed by atoms with E-state index in [0.29, 0.717) is 32.5 Å². The Kier molecular flexibility index (Phi) is 3.92. The molecule has 1 aromatic rings. The van der Waals surface area contributed by atoms with Gasteiger partial charge in [-0.3, -0.25) is 4.79 Å². The summed E-state index contributed by atoms with van der Waals surface area (Å²) >= 11 is 0. The van der Waals surface area contributed by atoms with Gasteiger partial charge in [0, 0.05) is 19.6 Å². The Morgan fingerprint density at radius 1 is 1.24 bits per heavy atom. The highest BCUT2D eigenvalue weighted by Crippen LogP contribution is 2.21. The van der Waals surface area contributed by atoms with Crippen molar-refractivity contribution in [3.63, 3.8) is 0 Å². The van der Waals surface area contributed by atoms with Crippen LogP contribution in [0.3, 0.4) is 0 Å². The number of carbonyl (C=O) groups is 1. The third-order valence-electron chi connectivity index (χ3n) is 3.42. The van der Waals surface area contributed by atoms with E-state index in [0.717, 1.165) is 6.42 Å². The minimum Gasteiger partial charge on any atom is -0.381 e. The van der Waals surface area contributed by atoms with Crippen LogP contribution in [0.2, 0.25) is 0 Å². The molecule has 0 atom stereocenters. The molecule has 1 aliphatic rings. The van der Waals surface area contributed by atoms with Crippen molar-refractivity contribution in [2.24, 2.45) is 5.73 Å². The number of rotatable bonds is 4. The Morgan fingerprint density at radius 2 is 1.88 bits per heavy atom. The van der Waals surface area contributed by atoms with Crippen LogP contribution in [0, 0.1) is 0 Å². The fourth-order valence-corrected chi connectivity index (χ4v) is 2.17. The summed E-state index contributed by atoms with van der Waals surface area (Å²) in [4.78, 5) is 12.1. The highest BCUT2D eigenvalue weighted by Gasteiger charge is 2.34. The number of hydrogen-bond acceptors (Lipinski definition) is 3. The summed E-state index contributed by atoms with van der Waals surface area (Å²) in [7, 11) is 0. The van der Waals surface area contributed by atoms with E-state index in [1.807, 2.05) is 30.3 Å². The number of nitrogens with two attached hydrogens (primary N) is 1. The Morgan fingerprint density at radius 3 is 2.53 bits per heavy atom. The van der Waals surface area contributed by atoms with Gasteiger partial charge in [0.2, 0.25) is 0 Å². The molecule has 2 N–H and O–H groups in total. The zero-order valence-electron chi connectivity index (χ0n) is 10.0. The van der Waals surface area contributed by atoms with Gasteiger partial charge in [0.1, 0.15) is 0 Å². The molecule has 92 valence electrons. The summed E-state index contributed by atoms with van der Waals surface area (Å²) in [5.41, 5.74) is 6.68. The zero-order chi connectivity index (χ0) is 12.1. The van der Waals surface area contributed by atoms with Crippen molar-refractivity contribution in [2.75, 3.05) is 13.2 Å². The number of aryl methyl sites for hydroxylation is 1. The first-order valence-corrected chi connectivity index (χ1v) is 6.15.